The van der Waals surface area contributed by atoms with Crippen LogP contribution in [0.3, 0.4) is 0 Å². The summed E-state index contributed by atoms with van der Waals surface area (Å²) in [6, 6.07) is 6.12. The fourth-order valence-corrected chi connectivity index (χ4v) is 4.03. The minimum atomic E-state index is -0.113. The van der Waals surface area contributed by atoms with Gasteiger partial charge in [0.05, 0.1) is 25.6 Å². The zero-order chi connectivity index (χ0) is 21.8. The Morgan fingerprint density at radius 2 is 2.23 bits per heavy atom. The van der Waals surface area contributed by atoms with E-state index >= 15 is 0 Å². The van der Waals surface area contributed by atoms with Crippen LogP contribution in [-0.2, 0) is 14.3 Å². The lowest BCUT2D eigenvalue weighted by Crippen LogP contribution is -2.33. The third-order valence-corrected chi connectivity index (χ3v) is 5.50. The number of carbonyl (C=O) groups excluding carboxylic acids is 1. The van der Waals surface area contributed by atoms with Crippen LogP contribution < -0.4 is 10.1 Å². The maximum Gasteiger partial charge on any atom is 0.299 e. The minimum absolute atomic E-state index is 0.0389. The fourth-order valence-electron chi connectivity index (χ4n) is 4.03. The third-order valence-electron chi connectivity index (χ3n) is 5.50. The topological polar surface area (TPSA) is 86.1 Å². The lowest BCUT2D eigenvalue weighted by Gasteiger charge is -2.22. The Balaban J connectivity index is 1.50. The molecule has 4 rings (SSSR count). The van der Waals surface area contributed by atoms with E-state index in [0.29, 0.717) is 24.9 Å². The van der Waals surface area contributed by atoms with Crippen molar-refractivity contribution in [1.29, 1.82) is 0 Å². The van der Waals surface area contributed by atoms with E-state index < -0.39 is 0 Å². The van der Waals surface area contributed by atoms with Crippen LogP contribution in [0.15, 0.2) is 46.7 Å². The first kappa shape index (κ1) is 21.0. The summed E-state index contributed by atoms with van der Waals surface area (Å²) in [5.74, 6) is 1.37. The second-order valence-corrected chi connectivity index (χ2v) is 7.54. The summed E-state index contributed by atoms with van der Waals surface area (Å²) in [7, 11) is 3.17. The number of likely N-dealkylation sites (tertiary alicyclic amines) is 1. The standard InChI is InChI=1S/C23H27N3O5/c1-15-13-30-10-8-17(15)18-7-6-16(11-20(18)29-3)25-23-24-12-21(31-23)19-5-4-9-26(19)22(27)14-28-2/h6-8,11-13,19H,4-5,9-10,14H2,1-3H3,(H,24,25). The largest absolute Gasteiger partial charge is 0.497 e. The first-order valence-corrected chi connectivity index (χ1v) is 10.3. The van der Waals surface area contributed by atoms with E-state index in [0.717, 1.165) is 41.0 Å². The van der Waals surface area contributed by atoms with Crippen LogP contribution in [0.2, 0.25) is 0 Å². The molecule has 2 aromatic rings. The fraction of sp³-hybridized carbons (Fsp3) is 0.391. The molecule has 1 N–H and O–H groups in total. The Kier molecular flexibility index (Phi) is 6.27. The number of rotatable bonds is 7. The minimum Gasteiger partial charge on any atom is -0.497 e. The number of ether oxygens (including phenoxy) is 3. The monoisotopic (exact) mass is 425 g/mol. The van der Waals surface area contributed by atoms with Gasteiger partial charge in [-0.05, 0) is 49.1 Å². The molecule has 2 aliphatic rings. The number of hydrogen-bond donors (Lipinski definition) is 1. The smallest absolute Gasteiger partial charge is 0.299 e. The Morgan fingerprint density at radius 1 is 1.35 bits per heavy atom. The number of amides is 1. The molecule has 1 unspecified atom stereocenters. The van der Waals surface area contributed by atoms with Crippen molar-refractivity contribution in [2.24, 2.45) is 0 Å². The molecular formula is C23H27N3O5. The SMILES string of the molecule is COCC(=O)N1CCCC1c1cnc(Nc2ccc(C3=CCOC=C3C)c(OC)c2)o1. The van der Waals surface area contributed by atoms with Gasteiger partial charge >= 0.3 is 0 Å². The van der Waals surface area contributed by atoms with Crippen LogP contribution in [0, 0.1) is 0 Å². The Hall–Kier alpha value is -3.26. The van der Waals surface area contributed by atoms with Gasteiger partial charge in [0.1, 0.15) is 24.7 Å². The van der Waals surface area contributed by atoms with E-state index in [4.69, 9.17) is 18.6 Å². The Morgan fingerprint density at radius 3 is 3.00 bits per heavy atom. The molecule has 2 aliphatic heterocycles. The lowest BCUT2D eigenvalue weighted by atomic mass is 9.97. The van der Waals surface area contributed by atoms with Gasteiger partial charge in [-0.1, -0.05) is 0 Å². The third kappa shape index (κ3) is 4.44. The predicted octanol–water partition coefficient (Wildman–Crippen LogP) is 4.05. The van der Waals surface area contributed by atoms with Gasteiger partial charge in [-0.25, -0.2) is 4.98 Å². The summed E-state index contributed by atoms with van der Waals surface area (Å²) in [5, 5.41) is 3.19. The summed E-state index contributed by atoms with van der Waals surface area (Å²) < 4.78 is 21.9. The van der Waals surface area contributed by atoms with Crippen LogP contribution in [0.25, 0.3) is 5.57 Å². The molecule has 8 heteroatoms. The molecule has 0 aliphatic carbocycles. The molecule has 1 aromatic heterocycles. The normalized spacial score (nSPS) is 18.3. The zero-order valence-corrected chi connectivity index (χ0v) is 18.0. The molecule has 1 atom stereocenters. The maximum absolute atomic E-state index is 12.3. The number of benzene rings is 1. The Bertz CT molecular complexity index is 1010. The number of aromatic nitrogens is 1. The number of methoxy groups -OCH3 is 2. The molecule has 1 aromatic carbocycles. The molecule has 0 bridgehead atoms. The number of anilines is 2. The second-order valence-electron chi connectivity index (χ2n) is 7.54. The number of nitrogens with zero attached hydrogens (tertiary/aromatic N) is 2. The summed E-state index contributed by atoms with van der Waals surface area (Å²) in [5.41, 5.74) is 3.93. The van der Waals surface area contributed by atoms with E-state index in [1.165, 1.54) is 7.11 Å². The highest BCUT2D eigenvalue weighted by Crippen LogP contribution is 2.36. The van der Waals surface area contributed by atoms with Crippen LogP contribution in [-0.4, -0.2) is 49.8 Å². The van der Waals surface area contributed by atoms with Gasteiger partial charge in [-0.2, -0.15) is 0 Å². The second kappa shape index (κ2) is 9.26. The molecule has 1 fully saturated rings. The van der Waals surface area contributed by atoms with Gasteiger partial charge in [0.15, 0.2) is 0 Å². The molecule has 3 heterocycles. The summed E-state index contributed by atoms with van der Waals surface area (Å²) in [4.78, 5) is 18.4. The summed E-state index contributed by atoms with van der Waals surface area (Å²) in [6.07, 6.45) is 7.26. The highest BCUT2D eigenvalue weighted by molar-refractivity contribution is 5.83. The molecule has 0 spiro atoms. The maximum atomic E-state index is 12.3. The quantitative estimate of drug-likeness (QED) is 0.716. The van der Waals surface area contributed by atoms with E-state index in [-0.39, 0.29) is 18.6 Å². The average molecular weight is 425 g/mol. The first-order chi connectivity index (χ1) is 15.1. The van der Waals surface area contributed by atoms with Crippen molar-refractivity contribution in [3.05, 3.63) is 53.6 Å². The van der Waals surface area contributed by atoms with Gasteiger partial charge in [-0.15, -0.1) is 0 Å². The van der Waals surface area contributed by atoms with Crippen molar-refractivity contribution in [2.75, 3.05) is 39.3 Å². The van der Waals surface area contributed by atoms with Crippen LogP contribution >= 0.6 is 0 Å². The number of hydrogen-bond acceptors (Lipinski definition) is 7. The van der Waals surface area contributed by atoms with Gasteiger partial charge in [0.25, 0.3) is 6.01 Å². The lowest BCUT2D eigenvalue weighted by molar-refractivity contribution is -0.136. The predicted molar refractivity (Wildman–Crippen MR) is 116 cm³/mol. The first-order valence-electron chi connectivity index (χ1n) is 10.3. The van der Waals surface area contributed by atoms with Gasteiger partial charge in [0.2, 0.25) is 5.91 Å². The van der Waals surface area contributed by atoms with Crippen molar-refractivity contribution in [3.8, 4) is 5.75 Å². The highest BCUT2D eigenvalue weighted by Gasteiger charge is 2.32. The van der Waals surface area contributed by atoms with E-state index in [1.54, 1.807) is 24.5 Å². The van der Waals surface area contributed by atoms with Crippen LogP contribution in [0.1, 0.15) is 37.1 Å². The number of oxazole rings is 1. The van der Waals surface area contributed by atoms with E-state index in [1.807, 2.05) is 31.2 Å². The average Bonchev–Trinajstić information content (AvgIpc) is 3.44. The van der Waals surface area contributed by atoms with Gasteiger partial charge in [0, 0.05) is 31.0 Å². The van der Waals surface area contributed by atoms with Crippen LogP contribution in [0.4, 0.5) is 11.7 Å². The molecule has 0 radical (unpaired) electrons. The highest BCUT2D eigenvalue weighted by atomic mass is 16.5. The van der Waals surface area contributed by atoms with Gasteiger partial charge < -0.3 is 28.8 Å². The summed E-state index contributed by atoms with van der Waals surface area (Å²) in [6.45, 7) is 3.32. The molecule has 1 saturated heterocycles. The van der Waals surface area contributed by atoms with Gasteiger partial charge in [-0.3, -0.25) is 4.79 Å². The van der Waals surface area contributed by atoms with E-state index in [9.17, 15) is 4.79 Å². The van der Waals surface area contributed by atoms with Crippen molar-refractivity contribution in [2.45, 2.75) is 25.8 Å². The molecule has 8 nitrogen and oxygen atoms in total. The van der Waals surface area contributed by atoms with E-state index in [2.05, 4.69) is 10.3 Å². The van der Waals surface area contributed by atoms with Crippen molar-refractivity contribution >= 4 is 23.2 Å². The molecule has 164 valence electrons. The molecule has 0 saturated carbocycles. The summed E-state index contributed by atoms with van der Waals surface area (Å²) >= 11 is 0. The number of allylic oxidation sites excluding steroid dienone is 2. The Labute approximate surface area is 181 Å². The molecular weight excluding hydrogens is 398 g/mol. The molecule has 31 heavy (non-hydrogen) atoms. The van der Waals surface area contributed by atoms with Crippen molar-refractivity contribution < 1.29 is 23.4 Å². The van der Waals surface area contributed by atoms with Crippen molar-refractivity contribution in [1.82, 2.24) is 9.88 Å². The molecule has 1 amide bonds. The van der Waals surface area contributed by atoms with Crippen molar-refractivity contribution in [3.63, 3.8) is 0 Å². The van der Waals surface area contributed by atoms with Crippen LogP contribution in [0.5, 0.6) is 5.75 Å². The number of nitrogens with one attached hydrogen (secondary N) is 1. The number of carbonyl (C=O) groups is 1. The zero-order valence-electron chi connectivity index (χ0n) is 18.0.